The molecule has 0 N–H and O–H groups in total. The molecule has 0 aromatic heterocycles. The molecule has 0 aliphatic carbocycles. The monoisotopic (exact) mass is 354 g/mol. The van der Waals surface area contributed by atoms with Gasteiger partial charge in [0.25, 0.3) is 0 Å². The summed E-state index contributed by atoms with van der Waals surface area (Å²) in [7, 11) is 1.78. The van der Waals surface area contributed by atoms with Crippen molar-refractivity contribution in [3.63, 3.8) is 0 Å². The van der Waals surface area contributed by atoms with Gasteiger partial charge in [0.05, 0.1) is 12.3 Å². The minimum absolute atomic E-state index is 0.397. The van der Waals surface area contributed by atoms with Crippen LogP contribution in [0.25, 0.3) is 0 Å². The molecule has 1 heterocycles. The highest BCUT2D eigenvalue weighted by molar-refractivity contribution is 6.30. The van der Waals surface area contributed by atoms with Crippen LogP contribution in [0.2, 0.25) is 5.02 Å². The van der Waals surface area contributed by atoms with Crippen molar-refractivity contribution < 1.29 is 19.8 Å². The molecule has 0 spiro atoms. The molecule has 1 aliphatic heterocycles. The number of hydrogen-bond donors (Lipinski definition) is 0. The fraction of sp³-hybridized carbons (Fsp3) is 0.429. The van der Waals surface area contributed by atoms with E-state index in [2.05, 4.69) is 0 Å². The number of likely N-dealkylation sites (tertiary alicyclic amines) is 1. The summed E-state index contributed by atoms with van der Waals surface area (Å²) in [6, 6.07) is -6.16. The fourth-order valence-corrected chi connectivity index (χ4v) is 2.84. The Balaban J connectivity index is 2.30. The van der Waals surface area contributed by atoms with Crippen LogP contribution in [-0.2, 0) is 10.3 Å². The first kappa shape index (κ1) is 8.35. The largest absolute Gasteiger partial charge is 0.366 e. The summed E-state index contributed by atoms with van der Waals surface area (Å²) < 4.78 is 97.6. The summed E-state index contributed by atoms with van der Waals surface area (Å²) in [5.41, 5.74) is -2.95. The molecular formula is C21H26ClNO. The predicted molar refractivity (Wildman–Crippen MR) is 101 cm³/mol. The topological polar surface area (TPSA) is 12.5 Å². The van der Waals surface area contributed by atoms with Gasteiger partial charge in [0.15, 0.2) is 0 Å². The van der Waals surface area contributed by atoms with E-state index < -0.39 is 95.2 Å². The van der Waals surface area contributed by atoms with Crippen LogP contribution < -0.4 is 0 Å². The second-order valence-electron chi connectivity index (χ2n) is 5.85. The van der Waals surface area contributed by atoms with E-state index in [1.54, 1.807) is 7.05 Å². The molecule has 24 heavy (non-hydrogen) atoms. The van der Waals surface area contributed by atoms with Crippen LogP contribution in [-0.4, -0.2) is 31.1 Å². The van der Waals surface area contributed by atoms with Crippen LogP contribution in [0.3, 0.4) is 0 Å². The van der Waals surface area contributed by atoms with Crippen molar-refractivity contribution in [3.05, 3.63) is 70.5 Å². The maximum absolute atomic E-state index is 8.62. The average molecular weight is 355 g/mol. The van der Waals surface area contributed by atoms with Crippen LogP contribution in [0, 0.1) is 0 Å². The van der Waals surface area contributed by atoms with Gasteiger partial charge in [-0.1, -0.05) is 53.9 Å². The summed E-state index contributed by atoms with van der Waals surface area (Å²) in [5, 5.41) is -0.435. The molecule has 2 atom stereocenters. The molecule has 0 bridgehead atoms. The predicted octanol–water partition coefficient (Wildman–Crippen LogP) is 5.10. The van der Waals surface area contributed by atoms with Crippen LogP contribution in [0.1, 0.15) is 52.3 Å². The highest BCUT2D eigenvalue weighted by atomic mass is 35.5. The molecule has 2 aromatic carbocycles. The van der Waals surface area contributed by atoms with Crippen molar-refractivity contribution in [2.75, 3.05) is 20.2 Å². The SMILES string of the molecule is [2H]c1c([2H])c([2H])c([C@@](C)(OCC([2H])([2H])[C@H]2CCCN2C)c2c([2H])c([2H])c(Cl)c([2H])c2[2H])c([2H])c1[2H]. The Hall–Kier alpha value is -1.35. The molecule has 1 saturated heterocycles. The molecule has 3 heteroatoms. The van der Waals surface area contributed by atoms with Crippen LogP contribution in [0.15, 0.2) is 54.4 Å². The Morgan fingerprint density at radius 1 is 1.21 bits per heavy atom. The van der Waals surface area contributed by atoms with Gasteiger partial charge in [0, 0.05) is 20.4 Å². The van der Waals surface area contributed by atoms with Crippen molar-refractivity contribution in [3.8, 4) is 0 Å². The molecule has 3 rings (SSSR count). The fourth-order valence-electron chi connectivity index (χ4n) is 2.74. The quantitative estimate of drug-likeness (QED) is 0.715. The van der Waals surface area contributed by atoms with Gasteiger partial charge in [-0.15, -0.1) is 0 Å². The van der Waals surface area contributed by atoms with Gasteiger partial charge in [-0.3, -0.25) is 0 Å². The van der Waals surface area contributed by atoms with Crippen molar-refractivity contribution in [1.82, 2.24) is 4.90 Å². The molecule has 1 fully saturated rings. The Labute approximate surface area is 165 Å². The smallest absolute Gasteiger partial charge is 0.115 e. The zero-order valence-corrected chi connectivity index (χ0v) is 14.4. The first-order chi connectivity index (χ1) is 16.1. The molecule has 0 radical (unpaired) electrons. The number of benzene rings is 2. The van der Waals surface area contributed by atoms with Gasteiger partial charge in [0.2, 0.25) is 0 Å². The maximum Gasteiger partial charge on any atom is 0.115 e. The van der Waals surface area contributed by atoms with Gasteiger partial charge in [0.1, 0.15) is 5.60 Å². The third-order valence-corrected chi connectivity index (χ3v) is 4.44. The lowest BCUT2D eigenvalue weighted by atomic mass is 9.88. The molecule has 0 saturated carbocycles. The lowest BCUT2D eigenvalue weighted by Gasteiger charge is -2.32. The summed E-state index contributed by atoms with van der Waals surface area (Å²) in [6.45, 7) is 1.37. The van der Waals surface area contributed by atoms with E-state index in [9.17, 15) is 0 Å². The standard InChI is InChI=1S/C21H26ClNO/c1-21(17-7-4-3-5-8-17,18-10-12-19(22)13-11-18)24-16-14-20-9-6-15-23(20)2/h3-5,7-8,10-13,20H,6,9,14-16H2,1-2H3/t20-,21-/m1/s1/i3D,4D,5D,7D,8D,10D,11D,12D,13D,14D2. The first-order valence-electron chi connectivity index (χ1n) is 13.3. The Kier molecular flexibility index (Phi) is 2.68. The van der Waals surface area contributed by atoms with Crippen molar-refractivity contribution in [2.24, 2.45) is 0 Å². The zero-order chi connectivity index (χ0) is 26.6. The third-order valence-electron chi connectivity index (χ3n) is 4.25. The van der Waals surface area contributed by atoms with E-state index >= 15 is 0 Å². The second-order valence-corrected chi connectivity index (χ2v) is 6.23. The summed E-state index contributed by atoms with van der Waals surface area (Å²) in [6.07, 6.45) is -0.569. The second kappa shape index (κ2) is 7.69. The highest BCUT2D eigenvalue weighted by Gasteiger charge is 2.30. The van der Waals surface area contributed by atoms with E-state index in [-0.39, 0.29) is 0 Å². The average Bonchev–Trinajstić information content (AvgIpc) is 3.24. The van der Waals surface area contributed by atoms with Crippen molar-refractivity contribution in [1.29, 1.82) is 0 Å². The first-order valence-corrected chi connectivity index (χ1v) is 8.13. The van der Waals surface area contributed by atoms with Gasteiger partial charge in [-0.2, -0.15) is 0 Å². The Morgan fingerprint density at radius 3 is 2.50 bits per heavy atom. The third kappa shape index (κ3) is 3.83. The molecule has 1 aliphatic rings. The summed E-state index contributed by atoms with van der Waals surface area (Å²) >= 11 is 5.96. The van der Waals surface area contributed by atoms with Crippen LogP contribution in [0.4, 0.5) is 0 Å². The Morgan fingerprint density at radius 2 is 1.88 bits per heavy atom. The number of rotatable bonds is 6. The summed E-state index contributed by atoms with van der Waals surface area (Å²) in [4.78, 5) is 1.85. The number of nitrogens with zero attached hydrogens (tertiary/aromatic N) is 1. The normalized spacial score (nSPS) is 28.0. The lowest BCUT2D eigenvalue weighted by molar-refractivity contribution is -0.0117. The Bertz CT molecular complexity index is 1050. The van der Waals surface area contributed by atoms with E-state index in [0.29, 0.717) is 13.0 Å². The van der Waals surface area contributed by atoms with Gasteiger partial charge >= 0.3 is 0 Å². The van der Waals surface area contributed by atoms with E-state index in [0.717, 1.165) is 6.42 Å². The van der Waals surface area contributed by atoms with Crippen molar-refractivity contribution >= 4 is 11.6 Å². The minimum atomic E-state index is -2.14. The number of halogens is 1. The molecule has 128 valence electrons. The minimum Gasteiger partial charge on any atom is -0.366 e. The molecule has 2 aromatic rings. The van der Waals surface area contributed by atoms with Crippen molar-refractivity contribution in [2.45, 2.75) is 37.8 Å². The number of ether oxygens (including phenoxy) is 1. The van der Waals surface area contributed by atoms with E-state index in [4.69, 9.17) is 31.4 Å². The summed E-state index contributed by atoms with van der Waals surface area (Å²) in [5.74, 6) is 0. The molecular weight excluding hydrogens is 318 g/mol. The maximum atomic E-state index is 8.62. The van der Waals surface area contributed by atoms with Gasteiger partial charge in [-0.05, 0) is 62.9 Å². The van der Waals surface area contributed by atoms with E-state index in [1.165, 1.54) is 6.92 Å². The number of hydrogen-bond acceptors (Lipinski definition) is 2. The zero-order valence-electron chi connectivity index (χ0n) is 24.6. The molecule has 0 amide bonds. The highest BCUT2D eigenvalue weighted by Crippen LogP contribution is 2.34. The van der Waals surface area contributed by atoms with Gasteiger partial charge in [-0.25, -0.2) is 0 Å². The van der Waals surface area contributed by atoms with Gasteiger partial charge < -0.3 is 9.64 Å². The van der Waals surface area contributed by atoms with E-state index in [1.807, 2.05) is 4.90 Å². The molecule has 0 unspecified atom stereocenters. The van der Waals surface area contributed by atoms with Crippen LogP contribution >= 0.6 is 11.6 Å². The molecule has 2 nitrogen and oxygen atoms in total. The van der Waals surface area contributed by atoms with Crippen LogP contribution in [0.5, 0.6) is 0 Å². The lowest BCUT2D eigenvalue weighted by Crippen LogP contribution is -2.31.